The van der Waals surface area contributed by atoms with Crippen molar-refractivity contribution in [2.75, 3.05) is 31.1 Å². The summed E-state index contributed by atoms with van der Waals surface area (Å²) in [5, 5.41) is 3.28. The topological polar surface area (TPSA) is 49.6 Å². The SMILES string of the molecule is O=Cc1nc(-c2ccc(C(F)(F)F)cc2)n2cccc(N3CCNCC3)c12. The number of alkyl halides is 3. The average Bonchev–Trinajstić information content (AvgIpc) is 3.07. The highest BCUT2D eigenvalue weighted by atomic mass is 19.4. The number of carbonyl (C=O) groups excluding carboxylic acids is 1. The van der Waals surface area contributed by atoms with Gasteiger partial charge in [-0.3, -0.25) is 9.20 Å². The monoisotopic (exact) mass is 374 g/mol. The zero-order valence-corrected chi connectivity index (χ0v) is 14.3. The largest absolute Gasteiger partial charge is 0.416 e. The number of nitrogens with one attached hydrogen (secondary N) is 1. The predicted octanol–water partition coefficient (Wildman–Crippen LogP) is 3.24. The number of piperazine rings is 1. The molecule has 1 N–H and O–H groups in total. The summed E-state index contributed by atoms with van der Waals surface area (Å²) in [6.07, 6.45) is -1.93. The molecule has 0 amide bonds. The molecule has 1 aliphatic heterocycles. The molecule has 3 heterocycles. The van der Waals surface area contributed by atoms with Gasteiger partial charge in [0.25, 0.3) is 0 Å². The molecule has 0 unspecified atom stereocenters. The number of aldehydes is 1. The van der Waals surface area contributed by atoms with E-state index < -0.39 is 11.7 Å². The third kappa shape index (κ3) is 3.16. The minimum absolute atomic E-state index is 0.277. The van der Waals surface area contributed by atoms with E-state index in [2.05, 4.69) is 15.2 Å². The van der Waals surface area contributed by atoms with Crippen LogP contribution in [0.1, 0.15) is 16.1 Å². The Morgan fingerprint density at radius 2 is 1.78 bits per heavy atom. The summed E-state index contributed by atoms with van der Waals surface area (Å²) in [5.41, 5.74) is 1.64. The van der Waals surface area contributed by atoms with E-state index in [9.17, 15) is 18.0 Å². The summed E-state index contributed by atoms with van der Waals surface area (Å²) in [5.74, 6) is 0.442. The maximum atomic E-state index is 12.8. The number of pyridine rings is 1. The van der Waals surface area contributed by atoms with Crippen LogP contribution in [0, 0.1) is 0 Å². The van der Waals surface area contributed by atoms with Crippen molar-refractivity contribution in [1.82, 2.24) is 14.7 Å². The average molecular weight is 374 g/mol. The van der Waals surface area contributed by atoms with Crippen molar-refractivity contribution < 1.29 is 18.0 Å². The predicted molar refractivity (Wildman–Crippen MR) is 96.1 cm³/mol. The van der Waals surface area contributed by atoms with Crippen LogP contribution in [0.5, 0.6) is 0 Å². The molecule has 0 aliphatic carbocycles. The van der Waals surface area contributed by atoms with E-state index in [1.807, 2.05) is 12.1 Å². The van der Waals surface area contributed by atoms with Crippen LogP contribution in [0.15, 0.2) is 42.6 Å². The summed E-state index contributed by atoms with van der Waals surface area (Å²) in [6.45, 7) is 3.30. The fraction of sp³-hybridized carbons (Fsp3) is 0.263. The van der Waals surface area contributed by atoms with E-state index in [1.165, 1.54) is 12.1 Å². The standard InChI is InChI=1S/C19H17F3N4O/c20-19(21,22)14-5-3-13(4-6-14)18-24-15(12-27)17-16(2-1-9-26(17)18)25-10-7-23-8-11-25/h1-6,9,12,23H,7-8,10-11H2. The number of hydrogen-bond donors (Lipinski definition) is 1. The van der Waals surface area contributed by atoms with Crippen LogP contribution in [0.25, 0.3) is 16.9 Å². The molecule has 0 bridgehead atoms. The van der Waals surface area contributed by atoms with Gasteiger partial charge in [-0.05, 0) is 24.3 Å². The Bertz CT molecular complexity index is 973. The number of imidazole rings is 1. The van der Waals surface area contributed by atoms with Gasteiger partial charge in [-0.2, -0.15) is 13.2 Å². The number of anilines is 1. The maximum Gasteiger partial charge on any atom is 0.416 e. The molecule has 4 rings (SSSR count). The number of nitrogens with zero attached hydrogens (tertiary/aromatic N) is 3. The highest BCUT2D eigenvalue weighted by molar-refractivity contribution is 5.93. The molecule has 27 heavy (non-hydrogen) atoms. The summed E-state index contributed by atoms with van der Waals surface area (Å²) in [6, 6.07) is 8.60. The number of aromatic nitrogens is 2. The van der Waals surface area contributed by atoms with Gasteiger partial charge in [0.05, 0.1) is 16.8 Å². The lowest BCUT2D eigenvalue weighted by Crippen LogP contribution is -2.43. The van der Waals surface area contributed by atoms with Gasteiger partial charge in [-0.1, -0.05) is 12.1 Å². The first-order valence-electron chi connectivity index (χ1n) is 8.58. The molecule has 140 valence electrons. The van der Waals surface area contributed by atoms with Crippen LogP contribution in [0.3, 0.4) is 0 Å². The van der Waals surface area contributed by atoms with E-state index in [0.29, 0.717) is 23.2 Å². The Balaban J connectivity index is 1.84. The van der Waals surface area contributed by atoms with Gasteiger partial charge >= 0.3 is 6.18 Å². The molecule has 5 nitrogen and oxygen atoms in total. The van der Waals surface area contributed by atoms with Crippen molar-refractivity contribution in [1.29, 1.82) is 0 Å². The molecule has 0 radical (unpaired) electrons. The fourth-order valence-corrected chi connectivity index (χ4v) is 3.40. The Kier molecular flexibility index (Phi) is 4.35. The van der Waals surface area contributed by atoms with Crippen molar-refractivity contribution in [2.45, 2.75) is 6.18 Å². The number of benzene rings is 1. The molecule has 1 aliphatic rings. The third-order valence-corrected chi connectivity index (χ3v) is 4.71. The Labute approximate surface area is 153 Å². The molecule has 1 fully saturated rings. The second-order valence-electron chi connectivity index (χ2n) is 6.36. The van der Waals surface area contributed by atoms with Crippen LogP contribution in [0.2, 0.25) is 0 Å². The lowest BCUT2D eigenvalue weighted by atomic mass is 10.1. The smallest absolute Gasteiger partial charge is 0.367 e. The summed E-state index contributed by atoms with van der Waals surface area (Å²) >= 11 is 0. The highest BCUT2D eigenvalue weighted by Crippen LogP contribution is 2.33. The number of carbonyl (C=O) groups is 1. The van der Waals surface area contributed by atoms with E-state index in [1.54, 1.807) is 10.6 Å². The lowest BCUT2D eigenvalue weighted by molar-refractivity contribution is -0.137. The second kappa shape index (κ2) is 6.70. The quantitative estimate of drug-likeness (QED) is 0.715. The normalized spacial score (nSPS) is 15.3. The molecule has 0 spiro atoms. The minimum atomic E-state index is -4.39. The summed E-state index contributed by atoms with van der Waals surface area (Å²) in [4.78, 5) is 18.2. The Hall–Kier alpha value is -2.87. The summed E-state index contributed by atoms with van der Waals surface area (Å²) in [7, 11) is 0. The van der Waals surface area contributed by atoms with Gasteiger partial charge in [0.2, 0.25) is 0 Å². The lowest BCUT2D eigenvalue weighted by Gasteiger charge is -2.30. The van der Waals surface area contributed by atoms with Crippen LogP contribution < -0.4 is 10.2 Å². The van der Waals surface area contributed by atoms with Crippen LogP contribution in [0.4, 0.5) is 18.9 Å². The van der Waals surface area contributed by atoms with E-state index in [4.69, 9.17) is 0 Å². The van der Waals surface area contributed by atoms with Crippen molar-refractivity contribution in [3.8, 4) is 11.4 Å². The zero-order chi connectivity index (χ0) is 19.0. The van der Waals surface area contributed by atoms with Gasteiger partial charge in [-0.25, -0.2) is 4.98 Å². The first-order valence-corrected chi connectivity index (χ1v) is 8.58. The molecule has 0 atom stereocenters. The van der Waals surface area contributed by atoms with Crippen LogP contribution in [-0.2, 0) is 6.18 Å². The Morgan fingerprint density at radius 3 is 2.41 bits per heavy atom. The van der Waals surface area contributed by atoms with E-state index >= 15 is 0 Å². The minimum Gasteiger partial charge on any atom is -0.367 e. The number of fused-ring (bicyclic) bond motifs is 1. The molecular formula is C19H17F3N4O. The van der Waals surface area contributed by atoms with E-state index in [-0.39, 0.29) is 5.69 Å². The number of rotatable bonds is 3. The van der Waals surface area contributed by atoms with Gasteiger partial charge in [-0.15, -0.1) is 0 Å². The van der Waals surface area contributed by atoms with Gasteiger partial charge < -0.3 is 10.2 Å². The molecular weight excluding hydrogens is 357 g/mol. The maximum absolute atomic E-state index is 12.8. The third-order valence-electron chi connectivity index (χ3n) is 4.71. The molecule has 0 saturated carbocycles. The van der Waals surface area contributed by atoms with Crippen LogP contribution >= 0.6 is 0 Å². The van der Waals surface area contributed by atoms with Crippen LogP contribution in [-0.4, -0.2) is 41.8 Å². The first kappa shape index (κ1) is 17.5. The van der Waals surface area contributed by atoms with Gasteiger partial charge in [0.1, 0.15) is 11.5 Å². The molecule has 2 aromatic heterocycles. The molecule has 8 heteroatoms. The van der Waals surface area contributed by atoms with Crippen molar-refractivity contribution in [2.24, 2.45) is 0 Å². The zero-order valence-electron chi connectivity index (χ0n) is 14.3. The first-order chi connectivity index (χ1) is 13.0. The molecule has 3 aromatic rings. The molecule has 1 saturated heterocycles. The Morgan fingerprint density at radius 1 is 1.07 bits per heavy atom. The van der Waals surface area contributed by atoms with Crippen molar-refractivity contribution >= 4 is 17.5 Å². The van der Waals surface area contributed by atoms with Gasteiger partial charge in [0, 0.05) is 37.9 Å². The highest BCUT2D eigenvalue weighted by Gasteiger charge is 2.30. The summed E-state index contributed by atoms with van der Waals surface area (Å²) < 4.78 is 40.2. The van der Waals surface area contributed by atoms with Gasteiger partial charge in [0.15, 0.2) is 6.29 Å². The number of halogens is 3. The molecule has 1 aromatic carbocycles. The fourth-order valence-electron chi connectivity index (χ4n) is 3.40. The number of hydrogen-bond acceptors (Lipinski definition) is 4. The van der Waals surface area contributed by atoms with Crippen molar-refractivity contribution in [3.05, 3.63) is 53.9 Å². The van der Waals surface area contributed by atoms with Crippen molar-refractivity contribution in [3.63, 3.8) is 0 Å². The van der Waals surface area contributed by atoms with E-state index in [0.717, 1.165) is 44.0 Å². The second-order valence-corrected chi connectivity index (χ2v) is 6.36.